The van der Waals surface area contributed by atoms with Crippen LogP contribution in [-0.4, -0.2) is 23.4 Å². The normalized spacial score (nSPS) is 17.2. The van der Waals surface area contributed by atoms with Gasteiger partial charge in [-0.3, -0.25) is 14.5 Å². The first-order valence-corrected chi connectivity index (χ1v) is 9.13. The topological polar surface area (TPSA) is 49.4 Å². The van der Waals surface area contributed by atoms with Crippen LogP contribution < -0.4 is 10.2 Å². The highest BCUT2D eigenvalue weighted by Gasteiger charge is 2.33. The molecule has 1 heterocycles. The predicted molar refractivity (Wildman–Crippen MR) is 99.7 cm³/mol. The Hall–Kier alpha value is -1.98. The van der Waals surface area contributed by atoms with Gasteiger partial charge >= 0.3 is 0 Å². The Bertz CT molecular complexity index is 764. The van der Waals surface area contributed by atoms with Crippen LogP contribution in [0, 0.1) is 6.92 Å². The minimum Gasteiger partial charge on any atom is -0.325 e. The molecule has 124 valence electrons. The molecule has 1 aliphatic rings. The lowest BCUT2D eigenvalue weighted by Gasteiger charge is -2.25. The molecule has 2 aromatic carbocycles. The fraction of sp³-hybridized carbons (Fsp3) is 0.222. The van der Waals surface area contributed by atoms with Gasteiger partial charge in [-0.15, -0.1) is 23.4 Å². The maximum absolute atomic E-state index is 12.4. The summed E-state index contributed by atoms with van der Waals surface area (Å²) < 4.78 is 0. The zero-order valence-electron chi connectivity index (χ0n) is 13.2. The number of carbonyl (C=O) groups excluding carboxylic acids is 2. The van der Waals surface area contributed by atoms with Gasteiger partial charge in [0.15, 0.2) is 0 Å². The fourth-order valence-electron chi connectivity index (χ4n) is 2.65. The van der Waals surface area contributed by atoms with E-state index in [9.17, 15) is 9.59 Å². The molecule has 0 radical (unpaired) electrons. The van der Waals surface area contributed by atoms with Crippen molar-refractivity contribution in [3.8, 4) is 0 Å². The van der Waals surface area contributed by atoms with E-state index in [0.29, 0.717) is 11.4 Å². The summed E-state index contributed by atoms with van der Waals surface area (Å²) in [5, 5.41) is 2.65. The second-order valence-electron chi connectivity index (χ2n) is 5.57. The van der Waals surface area contributed by atoms with Gasteiger partial charge < -0.3 is 5.32 Å². The van der Waals surface area contributed by atoms with E-state index in [-0.39, 0.29) is 23.1 Å². The largest absolute Gasteiger partial charge is 0.325 e. The van der Waals surface area contributed by atoms with E-state index in [1.807, 2.05) is 60.4 Å². The van der Waals surface area contributed by atoms with E-state index in [4.69, 9.17) is 11.6 Å². The number of carbonyl (C=O) groups is 2. The van der Waals surface area contributed by atoms with E-state index < -0.39 is 0 Å². The van der Waals surface area contributed by atoms with Crippen molar-refractivity contribution in [3.05, 3.63) is 59.7 Å². The number of nitrogens with one attached hydrogen (secondary N) is 1. The van der Waals surface area contributed by atoms with Crippen molar-refractivity contribution >= 4 is 46.6 Å². The molecule has 2 amide bonds. The van der Waals surface area contributed by atoms with Crippen molar-refractivity contribution < 1.29 is 9.59 Å². The number of thioether (sulfide) groups is 1. The van der Waals surface area contributed by atoms with Crippen LogP contribution in [0.15, 0.2) is 48.5 Å². The molecule has 3 rings (SSSR count). The molecule has 0 bridgehead atoms. The summed E-state index contributed by atoms with van der Waals surface area (Å²) in [5.74, 6) is 0.255. The standard InChI is InChI=1S/C18H17ClN2O2S/c1-12-3-2-4-15(9-12)21-17(23)11-24-18(21)13-5-7-14(8-6-13)20-16(22)10-19/h2-9,18H,10-11H2,1H3,(H,20,22). The number of nitrogens with zero attached hydrogens (tertiary/aromatic N) is 1. The molecular formula is C18H17ClN2O2S. The van der Waals surface area contributed by atoms with Crippen molar-refractivity contribution in [2.45, 2.75) is 12.3 Å². The van der Waals surface area contributed by atoms with Crippen LogP contribution in [0.5, 0.6) is 0 Å². The summed E-state index contributed by atoms with van der Waals surface area (Å²) in [6.45, 7) is 2.01. The number of hydrogen-bond acceptors (Lipinski definition) is 3. The number of amides is 2. The number of halogens is 1. The number of aryl methyl sites for hydroxylation is 1. The van der Waals surface area contributed by atoms with Gasteiger partial charge in [-0.2, -0.15) is 0 Å². The zero-order chi connectivity index (χ0) is 17.1. The number of hydrogen-bond donors (Lipinski definition) is 1. The third-order valence-corrected chi connectivity index (χ3v) is 5.20. The van der Waals surface area contributed by atoms with Crippen LogP contribution in [0.3, 0.4) is 0 Å². The van der Waals surface area contributed by atoms with Gasteiger partial charge in [-0.25, -0.2) is 0 Å². The monoisotopic (exact) mass is 360 g/mol. The molecule has 0 aliphatic carbocycles. The van der Waals surface area contributed by atoms with Gasteiger partial charge in [0.1, 0.15) is 11.3 Å². The maximum Gasteiger partial charge on any atom is 0.239 e. The summed E-state index contributed by atoms with van der Waals surface area (Å²) in [6.07, 6.45) is 0. The molecule has 1 atom stereocenters. The average Bonchev–Trinajstić information content (AvgIpc) is 2.97. The van der Waals surface area contributed by atoms with Crippen LogP contribution in [0.4, 0.5) is 11.4 Å². The van der Waals surface area contributed by atoms with Crippen molar-refractivity contribution in [1.82, 2.24) is 0 Å². The predicted octanol–water partition coefficient (Wildman–Crippen LogP) is 3.95. The van der Waals surface area contributed by atoms with Crippen molar-refractivity contribution in [2.24, 2.45) is 0 Å². The third kappa shape index (κ3) is 3.57. The molecule has 0 aromatic heterocycles. The summed E-state index contributed by atoms with van der Waals surface area (Å²) in [6, 6.07) is 15.5. The van der Waals surface area contributed by atoms with Crippen LogP contribution in [0.2, 0.25) is 0 Å². The number of benzene rings is 2. The molecular weight excluding hydrogens is 344 g/mol. The molecule has 0 saturated carbocycles. The first-order valence-electron chi connectivity index (χ1n) is 7.54. The first kappa shape index (κ1) is 16.9. The lowest BCUT2D eigenvalue weighted by Crippen LogP contribution is -2.27. The SMILES string of the molecule is Cc1cccc(N2C(=O)CSC2c2ccc(NC(=O)CCl)cc2)c1. The second kappa shape index (κ2) is 7.28. The third-order valence-electron chi connectivity index (χ3n) is 3.75. The molecule has 1 N–H and O–H groups in total. The number of rotatable bonds is 4. The van der Waals surface area contributed by atoms with E-state index in [1.165, 1.54) is 0 Å². The average molecular weight is 361 g/mol. The van der Waals surface area contributed by atoms with E-state index >= 15 is 0 Å². The summed E-state index contributed by atoms with van der Waals surface area (Å²) in [4.78, 5) is 25.5. The zero-order valence-corrected chi connectivity index (χ0v) is 14.7. The molecule has 1 saturated heterocycles. The Morgan fingerprint density at radius 1 is 1.29 bits per heavy atom. The van der Waals surface area contributed by atoms with Gasteiger partial charge in [0.05, 0.1) is 5.75 Å². The Morgan fingerprint density at radius 2 is 2.04 bits per heavy atom. The fourth-order valence-corrected chi connectivity index (χ4v) is 3.90. The Morgan fingerprint density at radius 3 is 2.71 bits per heavy atom. The van der Waals surface area contributed by atoms with E-state index in [1.54, 1.807) is 11.8 Å². The van der Waals surface area contributed by atoms with Crippen LogP contribution in [-0.2, 0) is 9.59 Å². The van der Waals surface area contributed by atoms with Gasteiger partial charge in [-0.05, 0) is 42.3 Å². The van der Waals surface area contributed by atoms with Crippen molar-refractivity contribution in [1.29, 1.82) is 0 Å². The van der Waals surface area contributed by atoms with Crippen LogP contribution >= 0.6 is 23.4 Å². The molecule has 2 aromatic rings. The highest BCUT2D eigenvalue weighted by Crippen LogP contribution is 2.42. The summed E-state index contributed by atoms with van der Waals surface area (Å²) in [7, 11) is 0. The highest BCUT2D eigenvalue weighted by molar-refractivity contribution is 8.00. The maximum atomic E-state index is 12.4. The molecule has 4 nitrogen and oxygen atoms in total. The highest BCUT2D eigenvalue weighted by atomic mass is 35.5. The Kier molecular flexibility index (Phi) is 5.11. The molecule has 1 unspecified atom stereocenters. The van der Waals surface area contributed by atoms with Crippen LogP contribution in [0.25, 0.3) is 0 Å². The minimum absolute atomic E-state index is 0.0583. The van der Waals surface area contributed by atoms with Gasteiger partial charge in [0.25, 0.3) is 0 Å². The Balaban J connectivity index is 1.85. The molecule has 1 aliphatic heterocycles. The van der Waals surface area contributed by atoms with Gasteiger partial charge in [0.2, 0.25) is 11.8 Å². The molecule has 24 heavy (non-hydrogen) atoms. The van der Waals surface area contributed by atoms with E-state index in [2.05, 4.69) is 5.32 Å². The van der Waals surface area contributed by atoms with Crippen LogP contribution in [0.1, 0.15) is 16.5 Å². The van der Waals surface area contributed by atoms with Crippen molar-refractivity contribution in [2.75, 3.05) is 21.8 Å². The Labute approximate surface area is 150 Å². The first-order chi connectivity index (χ1) is 11.6. The molecule has 6 heteroatoms. The minimum atomic E-state index is -0.240. The lowest BCUT2D eigenvalue weighted by atomic mass is 10.1. The van der Waals surface area contributed by atoms with Gasteiger partial charge in [-0.1, -0.05) is 24.3 Å². The number of anilines is 2. The smallest absolute Gasteiger partial charge is 0.239 e. The van der Waals surface area contributed by atoms with Crippen molar-refractivity contribution in [3.63, 3.8) is 0 Å². The molecule has 1 fully saturated rings. The molecule has 0 spiro atoms. The second-order valence-corrected chi connectivity index (χ2v) is 6.91. The van der Waals surface area contributed by atoms with Gasteiger partial charge in [0, 0.05) is 11.4 Å². The quantitative estimate of drug-likeness (QED) is 0.840. The van der Waals surface area contributed by atoms with E-state index in [0.717, 1.165) is 16.8 Å². The summed E-state index contributed by atoms with van der Waals surface area (Å²) >= 11 is 7.10. The lowest BCUT2D eigenvalue weighted by molar-refractivity contribution is -0.116. The number of alkyl halides is 1. The summed E-state index contributed by atoms with van der Waals surface area (Å²) in [5.41, 5.74) is 3.75.